The summed E-state index contributed by atoms with van der Waals surface area (Å²) < 4.78 is 10.0. The van der Waals surface area contributed by atoms with Crippen molar-refractivity contribution in [3.8, 4) is 11.1 Å². The van der Waals surface area contributed by atoms with Crippen LogP contribution in [0.5, 0.6) is 0 Å². The van der Waals surface area contributed by atoms with Gasteiger partial charge in [0.15, 0.2) is 0 Å². The number of carbonyl (C=O) groups is 1. The topological polar surface area (TPSA) is 169 Å². The number of hydrogen-bond donors (Lipinski definition) is 0. The van der Waals surface area contributed by atoms with Crippen LogP contribution in [-0.2, 0) is 4.74 Å². The van der Waals surface area contributed by atoms with Crippen molar-refractivity contribution >= 4 is 34.7 Å². The highest BCUT2D eigenvalue weighted by molar-refractivity contribution is 6.14. The average molecular weight is 437 g/mol. The van der Waals surface area contributed by atoms with Gasteiger partial charge in [0.2, 0.25) is 0 Å². The molecule has 0 bridgehead atoms. The summed E-state index contributed by atoms with van der Waals surface area (Å²) in [7, 11) is 1.06. The van der Waals surface area contributed by atoms with Crippen LogP contribution in [0, 0.1) is 30.3 Å². The molecule has 0 atom stereocenters. The molecule has 32 heavy (non-hydrogen) atoms. The van der Waals surface area contributed by atoms with Crippen molar-refractivity contribution in [2.24, 2.45) is 0 Å². The second kappa shape index (κ2) is 7.43. The number of benzene rings is 2. The van der Waals surface area contributed by atoms with Crippen LogP contribution in [0.25, 0.3) is 22.8 Å². The van der Waals surface area contributed by atoms with Crippen LogP contribution in [0.4, 0.5) is 17.1 Å². The Hall–Kier alpha value is -4.87. The summed E-state index contributed by atoms with van der Waals surface area (Å²) >= 11 is 0. The molecule has 0 amide bonds. The number of non-ortho nitro benzene ring substituents is 2. The molecule has 0 N–H and O–H groups in total. The number of rotatable bonds is 5. The molecule has 0 spiro atoms. The third-order valence-corrected chi connectivity index (χ3v) is 4.91. The molecule has 0 aliphatic heterocycles. The summed E-state index contributed by atoms with van der Waals surface area (Å²) in [5.41, 5.74) is -1.64. The van der Waals surface area contributed by atoms with Crippen LogP contribution >= 0.6 is 0 Å². The summed E-state index contributed by atoms with van der Waals surface area (Å²) in [6, 6.07) is 7.13. The third kappa shape index (κ3) is 3.15. The number of nitro groups is 3. The second-order valence-electron chi connectivity index (χ2n) is 6.64. The number of carbonyl (C=O) groups excluding carboxylic acids is 1. The Labute approximate surface area is 177 Å². The quantitative estimate of drug-likeness (QED) is 0.250. The van der Waals surface area contributed by atoms with E-state index in [0.717, 1.165) is 31.4 Å². The molecule has 1 aliphatic rings. The number of methoxy groups -OCH3 is 1. The van der Waals surface area contributed by atoms with Gasteiger partial charge in [-0.2, -0.15) is 0 Å². The van der Waals surface area contributed by atoms with Crippen LogP contribution in [0.3, 0.4) is 0 Å². The Balaban J connectivity index is 2.19. The summed E-state index contributed by atoms with van der Waals surface area (Å²) in [5, 5.41) is 34.7. The molecule has 1 aromatic heterocycles. The van der Waals surface area contributed by atoms with Gasteiger partial charge in [0, 0.05) is 29.3 Å². The molecule has 0 saturated heterocycles. The van der Waals surface area contributed by atoms with Crippen LogP contribution in [0.2, 0.25) is 0 Å². The van der Waals surface area contributed by atoms with E-state index in [1.807, 2.05) is 0 Å². The molecule has 0 unspecified atom stereocenters. The molecule has 0 radical (unpaired) electrons. The lowest BCUT2D eigenvalue weighted by Gasteiger charge is -2.08. The molecule has 12 nitrogen and oxygen atoms in total. The molecule has 1 heterocycles. The van der Waals surface area contributed by atoms with E-state index < -0.39 is 37.8 Å². The van der Waals surface area contributed by atoms with Gasteiger partial charge >= 0.3 is 5.97 Å². The molecule has 4 rings (SSSR count). The van der Waals surface area contributed by atoms with E-state index >= 15 is 0 Å². The Morgan fingerprint density at radius 1 is 0.938 bits per heavy atom. The number of esters is 1. The van der Waals surface area contributed by atoms with Gasteiger partial charge in [-0.25, -0.2) is 4.79 Å². The lowest BCUT2D eigenvalue weighted by Crippen LogP contribution is -2.06. The van der Waals surface area contributed by atoms with E-state index in [0.29, 0.717) is 5.76 Å². The summed E-state index contributed by atoms with van der Waals surface area (Å²) in [5.74, 6) is -0.665. The molecule has 2 aromatic carbocycles. The van der Waals surface area contributed by atoms with E-state index in [1.165, 1.54) is 12.3 Å². The maximum Gasteiger partial charge on any atom is 0.338 e. The Morgan fingerprint density at radius 2 is 1.56 bits per heavy atom. The maximum absolute atomic E-state index is 12.5. The molecule has 0 fully saturated rings. The van der Waals surface area contributed by atoms with Crippen molar-refractivity contribution in [1.29, 1.82) is 0 Å². The third-order valence-electron chi connectivity index (χ3n) is 4.91. The van der Waals surface area contributed by atoms with Crippen molar-refractivity contribution in [2.45, 2.75) is 0 Å². The fourth-order valence-electron chi connectivity index (χ4n) is 3.64. The molecular weight excluding hydrogens is 426 g/mol. The standard InChI is InChI=1S/C20H11N3O9/c1-31-20(24)16-7-10(21(25)26)5-14-13(9-12-3-2-4-32-12)15-6-11(22(27)28)8-17(23(29)30)19(15)18(14)16/h2-9H,1H3/b13-9-. The van der Waals surface area contributed by atoms with Gasteiger partial charge in [0.1, 0.15) is 5.76 Å². The van der Waals surface area contributed by atoms with Gasteiger partial charge in [-0.05, 0) is 29.3 Å². The van der Waals surface area contributed by atoms with Gasteiger partial charge in [0.05, 0.1) is 45.3 Å². The minimum atomic E-state index is -0.956. The average Bonchev–Trinajstić information content (AvgIpc) is 3.38. The summed E-state index contributed by atoms with van der Waals surface area (Å²) in [6.45, 7) is 0. The van der Waals surface area contributed by atoms with Crippen molar-refractivity contribution in [3.63, 3.8) is 0 Å². The first kappa shape index (κ1) is 20.4. The van der Waals surface area contributed by atoms with Crippen LogP contribution in [-0.4, -0.2) is 27.8 Å². The molecule has 3 aromatic rings. The zero-order valence-electron chi connectivity index (χ0n) is 16.1. The van der Waals surface area contributed by atoms with E-state index in [-0.39, 0.29) is 33.4 Å². The lowest BCUT2D eigenvalue weighted by molar-refractivity contribution is -0.393. The second-order valence-corrected chi connectivity index (χ2v) is 6.64. The van der Waals surface area contributed by atoms with Gasteiger partial charge in [-0.1, -0.05) is 0 Å². The smallest absolute Gasteiger partial charge is 0.338 e. The van der Waals surface area contributed by atoms with Crippen LogP contribution in [0.1, 0.15) is 27.2 Å². The first-order chi connectivity index (χ1) is 15.2. The summed E-state index contributed by atoms with van der Waals surface area (Å²) in [6.07, 6.45) is 2.80. The Kier molecular flexibility index (Phi) is 4.74. The van der Waals surface area contributed by atoms with Crippen LogP contribution < -0.4 is 0 Å². The Bertz CT molecular complexity index is 1360. The molecule has 1 aliphatic carbocycles. The van der Waals surface area contributed by atoms with Crippen molar-refractivity contribution in [2.75, 3.05) is 7.11 Å². The first-order valence-corrected chi connectivity index (χ1v) is 8.86. The fourth-order valence-corrected chi connectivity index (χ4v) is 3.64. The monoisotopic (exact) mass is 437 g/mol. The molecule has 12 heteroatoms. The van der Waals surface area contributed by atoms with Crippen molar-refractivity contribution in [3.05, 3.63) is 95.5 Å². The predicted molar refractivity (Wildman–Crippen MR) is 109 cm³/mol. The summed E-state index contributed by atoms with van der Waals surface area (Å²) in [4.78, 5) is 44.9. The van der Waals surface area contributed by atoms with E-state index in [4.69, 9.17) is 9.15 Å². The number of nitrogens with zero attached hydrogens (tertiary/aromatic N) is 3. The highest BCUT2D eigenvalue weighted by Gasteiger charge is 2.38. The number of ether oxygens (including phenoxy) is 1. The highest BCUT2D eigenvalue weighted by Crippen LogP contribution is 2.53. The largest absolute Gasteiger partial charge is 0.465 e. The zero-order chi connectivity index (χ0) is 23.2. The van der Waals surface area contributed by atoms with E-state index in [2.05, 4.69) is 0 Å². The van der Waals surface area contributed by atoms with Gasteiger partial charge in [-0.15, -0.1) is 0 Å². The number of hydrogen-bond acceptors (Lipinski definition) is 9. The molecule has 0 saturated carbocycles. The number of furan rings is 1. The number of nitro benzene ring substituents is 3. The van der Waals surface area contributed by atoms with Gasteiger partial charge < -0.3 is 9.15 Å². The van der Waals surface area contributed by atoms with Crippen molar-refractivity contribution < 1.29 is 28.7 Å². The zero-order valence-corrected chi connectivity index (χ0v) is 16.1. The minimum absolute atomic E-state index is 0.0110. The minimum Gasteiger partial charge on any atom is -0.465 e. The fraction of sp³-hybridized carbons (Fsp3) is 0.0500. The SMILES string of the molecule is COC(=O)c1cc([N+](=O)[O-])cc2c1-c1c(cc([N+](=O)[O-])cc1[N+](=O)[O-])/C2=C\c1ccco1. The van der Waals surface area contributed by atoms with Crippen molar-refractivity contribution in [1.82, 2.24) is 0 Å². The van der Waals surface area contributed by atoms with E-state index in [1.54, 1.807) is 12.1 Å². The maximum atomic E-state index is 12.5. The molecular formula is C20H11N3O9. The Morgan fingerprint density at radius 3 is 2.09 bits per heavy atom. The normalized spacial score (nSPS) is 12.8. The highest BCUT2D eigenvalue weighted by atomic mass is 16.6. The predicted octanol–water partition coefficient (Wildman–Crippen LogP) is 4.36. The molecule has 160 valence electrons. The van der Waals surface area contributed by atoms with Gasteiger partial charge in [-0.3, -0.25) is 30.3 Å². The van der Waals surface area contributed by atoms with Crippen LogP contribution in [0.15, 0.2) is 47.1 Å². The van der Waals surface area contributed by atoms with Gasteiger partial charge in [0.25, 0.3) is 17.1 Å². The van der Waals surface area contributed by atoms with E-state index in [9.17, 15) is 35.1 Å². The number of fused-ring (bicyclic) bond motifs is 3. The first-order valence-electron chi connectivity index (χ1n) is 8.86. The lowest BCUT2D eigenvalue weighted by atomic mass is 9.97.